The van der Waals surface area contributed by atoms with Crippen molar-refractivity contribution in [2.24, 2.45) is 0 Å². The van der Waals surface area contributed by atoms with Crippen LogP contribution in [0, 0.1) is 20.8 Å². The topological polar surface area (TPSA) is 59.8 Å². The number of aryl methyl sites for hydroxylation is 3. The predicted molar refractivity (Wildman–Crippen MR) is 119 cm³/mol. The molecule has 0 spiro atoms. The van der Waals surface area contributed by atoms with E-state index in [9.17, 15) is 4.79 Å². The summed E-state index contributed by atoms with van der Waals surface area (Å²) >= 11 is 4.88. The van der Waals surface area contributed by atoms with E-state index in [4.69, 9.17) is 0 Å². The molecule has 146 valence electrons. The summed E-state index contributed by atoms with van der Waals surface area (Å²) in [7, 11) is 0. The average molecular weight is 459 g/mol. The zero-order valence-corrected chi connectivity index (χ0v) is 18.8. The van der Waals surface area contributed by atoms with Gasteiger partial charge >= 0.3 is 0 Å². The van der Waals surface area contributed by atoms with Crippen molar-refractivity contribution in [3.05, 3.63) is 57.6 Å². The second kappa shape index (κ2) is 8.92. The van der Waals surface area contributed by atoms with E-state index in [1.54, 1.807) is 0 Å². The Balaban J connectivity index is 1.72. The SMILES string of the molecule is CCn1c(SCC(=O)Nc2c(C)cc(Br)cc2C)nnc1-c1cccc(C)c1. The van der Waals surface area contributed by atoms with E-state index in [1.165, 1.54) is 17.3 Å². The fourth-order valence-corrected chi connectivity index (χ4v) is 4.58. The van der Waals surface area contributed by atoms with Crippen molar-refractivity contribution in [1.82, 2.24) is 14.8 Å². The van der Waals surface area contributed by atoms with Gasteiger partial charge in [0.2, 0.25) is 5.91 Å². The Hall–Kier alpha value is -2.12. The van der Waals surface area contributed by atoms with Gasteiger partial charge in [0.1, 0.15) is 0 Å². The number of carbonyl (C=O) groups is 1. The van der Waals surface area contributed by atoms with Gasteiger partial charge in [-0.05, 0) is 57.0 Å². The van der Waals surface area contributed by atoms with Gasteiger partial charge in [-0.25, -0.2) is 0 Å². The third kappa shape index (κ3) is 4.64. The number of nitrogens with one attached hydrogen (secondary N) is 1. The quantitative estimate of drug-likeness (QED) is 0.503. The molecule has 0 saturated heterocycles. The zero-order chi connectivity index (χ0) is 20.3. The minimum atomic E-state index is -0.0544. The highest BCUT2D eigenvalue weighted by Gasteiger charge is 2.15. The number of thioether (sulfide) groups is 1. The van der Waals surface area contributed by atoms with Crippen molar-refractivity contribution in [3.63, 3.8) is 0 Å². The lowest BCUT2D eigenvalue weighted by Crippen LogP contribution is -2.16. The second-order valence-corrected chi connectivity index (χ2v) is 8.53. The van der Waals surface area contributed by atoms with E-state index in [0.29, 0.717) is 0 Å². The van der Waals surface area contributed by atoms with Crippen LogP contribution >= 0.6 is 27.7 Å². The lowest BCUT2D eigenvalue weighted by molar-refractivity contribution is -0.113. The number of rotatable bonds is 6. The molecule has 0 aliphatic carbocycles. The van der Waals surface area contributed by atoms with Gasteiger partial charge in [-0.15, -0.1) is 10.2 Å². The molecule has 0 saturated carbocycles. The van der Waals surface area contributed by atoms with E-state index in [0.717, 1.165) is 44.4 Å². The van der Waals surface area contributed by atoms with Crippen LogP contribution < -0.4 is 5.32 Å². The molecule has 0 bridgehead atoms. The Morgan fingerprint density at radius 2 is 1.86 bits per heavy atom. The standard InChI is InChI=1S/C21H23BrN4OS/c1-5-26-20(16-8-6-7-13(2)9-16)24-25-21(26)28-12-18(27)23-19-14(3)10-17(22)11-15(19)4/h6-11H,5,12H2,1-4H3,(H,23,27). The highest BCUT2D eigenvalue weighted by Crippen LogP contribution is 2.27. The minimum Gasteiger partial charge on any atom is -0.325 e. The number of halogens is 1. The first-order chi connectivity index (χ1) is 13.4. The van der Waals surface area contributed by atoms with E-state index >= 15 is 0 Å². The van der Waals surface area contributed by atoms with Crippen LogP contribution in [0.25, 0.3) is 11.4 Å². The van der Waals surface area contributed by atoms with Gasteiger partial charge in [-0.2, -0.15) is 0 Å². The number of anilines is 1. The lowest BCUT2D eigenvalue weighted by Gasteiger charge is -2.12. The van der Waals surface area contributed by atoms with Gasteiger partial charge in [-0.1, -0.05) is 51.5 Å². The number of nitrogens with zero attached hydrogens (tertiary/aromatic N) is 3. The molecule has 0 radical (unpaired) electrons. The molecule has 1 amide bonds. The molecular weight excluding hydrogens is 436 g/mol. The maximum absolute atomic E-state index is 12.5. The smallest absolute Gasteiger partial charge is 0.234 e. The Kier molecular flexibility index (Phi) is 6.57. The van der Waals surface area contributed by atoms with Crippen LogP contribution in [0.1, 0.15) is 23.6 Å². The fraction of sp³-hybridized carbons (Fsp3) is 0.286. The Bertz CT molecular complexity index is 992. The van der Waals surface area contributed by atoms with Crippen LogP contribution in [0.2, 0.25) is 0 Å². The molecule has 1 heterocycles. The van der Waals surface area contributed by atoms with Crippen LogP contribution in [-0.4, -0.2) is 26.4 Å². The van der Waals surface area contributed by atoms with Crippen LogP contribution in [0.4, 0.5) is 5.69 Å². The van der Waals surface area contributed by atoms with E-state index in [2.05, 4.69) is 57.4 Å². The maximum Gasteiger partial charge on any atom is 0.234 e. The van der Waals surface area contributed by atoms with Crippen molar-refractivity contribution in [2.45, 2.75) is 39.4 Å². The van der Waals surface area contributed by atoms with Gasteiger partial charge in [-0.3, -0.25) is 4.79 Å². The Labute approximate surface area is 178 Å². The van der Waals surface area contributed by atoms with Crippen LogP contribution in [-0.2, 0) is 11.3 Å². The van der Waals surface area contributed by atoms with E-state index in [-0.39, 0.29) is 11.7 Å². The van der Waals surface area contributed by atoms with Gasteiger partial charge in [0.05, 0.1) is 5.75 Å². The molecule has 2 aromatic carbocycles. The minimum absolute atomic E-state index is 0.0544. The lowest BCUT2D eigenvalue weighted by atomic mass is 10.1. The molecule has 7 heteroatoms. The molecule has 5 nitrogen and oxygen atoms in total. The summed E-state index contributed by atoms with van der Waals surface area (Å²) in [6.07, 6.45) is 0. The highest BCUT2D eigenvalue weighted by atomic mass is 79.9. The molecule has 3 rings (SSSR count). The van der Waals surface area contributed by atoms with Crippen molar-refractivity contribution in [3.8, 4) is 11.4 Å². The number of hydrogen-bond acceptors (Lipinski definition) is 4. The normalized spacial score (nSPS) is 10.9. The molecule has 1 N–H and O–H groups in total. The largest absolute Gasteiger partial charge is 0.325 e. The van der Waals surface area contributed by atoms with Crippen molar-refractivity contribution in [1.29, 1.82) is 0 Å². The summed E-state index contributed by atoms with van der Waals surface area (Å²) in [4.78, 5) is 12.5. The molecule has 0 fully saturated rings. The summed E-state index contributed by atoms with van der Waals surface area (Å²) in [5.41, 5.74) is 5.14. The molecule has 3 aromatic rings. The van der Waals surface area contributed by atoms with Crippen molar-refractivity contribution < 1.29 is 4.79 Å². The fourth-order valence-electron chi connectivity index (χ4n) is 3.09. The number of amides is 1. The zero-order valence-electron chi connectivity index (χ0n) is 16.4. The third-order valence-electron chi connectivity index (χ3n) is 4.40. The van der Waals surface area contributed by atoms with Gasteiger partial charge in [0.15, 0.2) is 11.0 Å². The summed E-state index contributed by atoms with van der Waals surface area (Å²) in [5.74, 6) is 1.05. The van der Waals surface area contributed by atoms with Crippen LogP contribution in [0.15, 0.2) is 46.0 Å². The molecular formula is C21H23BrN4OS. The summed E-state index contributed by atoms with van der Waals surface area (Å²) in [6, 6.07) is 12.2. The summed E-state index contributed by atoms with van der Waals surface area (Å²) < 4.78 is 3.05. The van der Waals surface area contributed by atoms with Crippen LogP contribution in [0.5, 0.6) is 0 Å². The molecule has 0 atom stereocenters. The predicted octanol–water partition coefficient (Wildman–Crippen LogP) is 5.38. The monoisotopic (exact) mass is 458 g/mol. The maximum atomic E-state index is 12.5. The summed E-state index contributed by atoms with van der Waals surface area (Å²) in [6.45, 7) is 8.83. The number of benzene rings is 2. The Morgan fingerprint density at radius 1 is 1.14 bits per heavy atom. The van der Waals surface area contributed by atoms with Gasteiger partial charge in [0.25, 0.3) is 0 Å². The van der Waals surface area contributed by atoms with Gasteiger partial charge in [0, 0.05) is 22.3 Å². The number of hydrogen-bond donors (Lipinski definition) is 1. The van der Waals surface area contributed by atoms with Crippen molar-refractivity contribution in [2.75, 3.05) is 11.1 Å². The molecule has 0 unspecified atom stereocenters. The number of aromatic nitrogens is 3. The highest BCUT2D eigenvalue weighted by molar-refractivity contribution is 9.10. The molecule has 28 heavy (non-hydrogen) atoms. The first-order valence-corrected chi connectivity index (χ1v) is 10.9. The first kappa shape index (κ1) is 20.6. The van der Waals surface area contributed by atoms with Gasteiger partial charge < -0.3 is 9.88 Å². The van der Waals surface area contributed by atoms with E-state index < -0.39 is 0 Å². The summed E-state index contributed by atoms with van der Waals surface area (Å²) in [5, 5.41) is 12.4. The molecule has 0 aliphatic rings. The third-order valence-corrected chi connectivity index (χ3v) is 5.83. The van der Waals surface area contributed by atoms with Crippen LogP contribution in [0.3, 0.4) is 0 Å². The van der Waals surface area contributed by atoms with E-state index in [1.807, 2.05) is 42.7 Å². The first-order valence-electron chi connectivity index (χ1n) is 9.08. The second-order valence-electron chi connectivity index (χ2n) is 6.67. The van der Waals surface area contributed by atoms with Crippen molar-refractivity contribution >= 4 is 39.3 Å². The Morgan fingerprint density at radius 3 is 2.50 bits per heavy atom. The number of carbonyl (C=O) groups excluding carboxylic acids is 1. The molecule has 1 aromatic heterocycles. The molecule has 0 aliphatic heterocycles. The average Bonchev–Trinajstić information content (AvgIpc) is 3.06.